The van der Waals surface area contributed by atoms with Gasteiger partial charge in [0, 0.05) is 6.07 Å². The highest BCUT2D eigenvalue weighted by atomic mass is 19.4. The van der Waals surface area contributed by atoms with Crippen LogP contribution in [-0.4, -0.2) is 13.1 Å². The number of hydrogen-bond donors (Lipinski definition) is 0. The second-order valence-electron chi connectivity index (χ2n) is 7.28. The van der Waals surface area contributed by atoms with Gasteiger partial charge in [-0.25, -0.2) is 4.79 Å². The summed E-state index contributed by atoms with van der Waals surface area (Å²) < 4.78 is 61.7. The molecule has 9 heteroatoms. The minimum absolute atomic E-state index is 0.0124. The van der Waals surface area contributed by atoms with E-state index in [1.807, 2.05) is 6.92 Å². The van der Waals surface area contributed by atoms with Crippen LogP contribution < -0.4 is 19.6 Å². The van der Waals surface area contributed by atoms with Gasteiger partial charge in [-0.05, 0) is 55.5 Å². The summed E-state index contributed by atoms with van der Waals surface area (Å²) in [4.78, 5) is 25.2. The van der Waals surface area contributed by atoms with Gasteiger partial charge in [-0.15, -0.1) is 0 Å². The molecule has 0 saturated carbocycles. The Morgan fingerprint density at radius 2 is 1.50 bits per heavy atom. The zero-order valence-electron chi connectivity index (χ0n) is 17.9. The van der Waals surface area contributed by atoms with Crippen LogP contribution in [-0.2, 0) is 6.18 Å². The number of carbonyl (C=O) groups is 1. The van der Waals surface area contributed by atoms with E-state index in [2.05, 4.69) is 0 Å². The van der Waals surface area contributed by atoms with Gasteiger partial charge in [0.2, 0.25) is 11.2 Å². The molecule has 174 valence electrons. The molecule has 0 bridgehead atoms. The number of alkyl halides is 3. The lowest BCUT2D eigenvalue weighted by Crippen LogP contribution is -2.15. The highest BCUT2D eigenvalue weighted by Gasteiger charge is 2.40. The maximum absolute atomic E-state index is 13.7. The minimum atomic E-state index is -5.02. The third-order valence-electron chi connectivity index (χ3n) is 4.86. The molecule has 1 heterocycles. The zero-order valence-corrected chi connectivity index (χ0v) is 17.9. The summed E-state index contributed by atoms with van der Waals surface area (Å²) in [7, 11) is 1.43. The van der Waals surface area contributed by atoms with E-state index in [1.54, 1.807) is 24.3 Å². The molecule has 0 aliphatic carbocycles. The van der Waals surface area contributed by atoms with Gasteiger partial charge in [0.05, 0.1) is 18.1 Å². The first-order chi connectivity index (χ1) is 16.2. The van der Waals surface area contributed by atoms with Crippen molar-refractivity contribution in [3.8, 4) is 23.0 Å². The predicted molar refractivity (Wildman–Crippen MR) is 117 cm³/mol. The second-order valence-corrected chi connectivity index (χ2v) is 7.28. The molecular formula is C25H17F3O6. The summed E-state index contributed by atoms with van der Waals surface area (Å²) in [6.45, 7) is 1.85. The molecule has 6 nitrogen and oxygen atoms in total. The maximum atomic E-state index is 13.7. The van der Waals surface area contributed by atoms with Crippen molar-refractivity contribution in [3.63, 3.8) is 0 Å². The number of rotatable bonds is 5. The van der Waals surface area contributed by atoms with Crippen LogP contribution in [0.15, 0.2) is 75.9 Å². The molecule has 0 amide bonds. The Hall–Kier alpha value is -4.27. The van der Waals surface area contributed by atoms with Crippen molar-refractivity contribution in [2.45, 2.75) is 13.1 Å². The highest BCUT2D eigenvalue weighted by Crippen LogP contribution is 2.39. The van der Waals surface area contributed by atoms with Crippen molar-refractivity contribution in [2.75, 3.05) is 7.11 Å². The number of halogens is 3. The van der Waals surface area contributed by atoms with Crippen LogP contribution in [0.1, 0.15) is 21.7 Å². The molecular weight excluding hydrogens is 453 g/mol. The first-order valence-corrected chi connectivity index (χ1v) is 9.94. The molecule has 0 radical (unpaired) electrons. The fourth-order valence-electron chi connectivity index (χ4n) is 3.12. The zero-order chi connectivity index (χ0) is 24.5. The van der Waals surface area contributed by atoms with Crippen LogP contribution in [0.5, 0.6) is 23.0 Å². The van der Waals surface area contributed by atoms with Gasteiger partial charge in [0.25, 0.3) is 5.76 Å². The lowest BCUT2D eigenvalue weighted by Gasteiger charge is -2.14. The Morgan fingerprint density at radius 1 is 0.882 bits per heavy atom. The molecule has 0 N–H and O–H groups in total. The fourth-order valence-corrected chi connectivity index (χ4v) is 3.12. The largest absolute Gasteiger partial charge is 0.497 e. The topological polar surface area (TPSA) is 75.0 Å². The van der Waals surface area contributed by atoms with E-state index < -0.39 is 34.7 Å². The maximum Gasteiger partial charge on any atom is 0.453 e. The van der Waals surface area contributed by atoms with Gasteiger partial charge in [-0.2, -0.15) is 13.2 Å². The van der Waals surface area contributed by atoms with Crippen molar-refractivity contribution in [1.29, 1.82) is 0 Å². The quantitative estimate of drug-likeness (QED) is 0.258. The first-order valence-electron chi connectivity index (χ1n) is 9.94. The van der Waals surface area contributed by atoms with Crippen molar-refractivity contribution < 1.29 is 36.6 Å². The van der Waals surface area contributed by atoms with Gasteiger partial charge in [-0.1, -0.05) is 17.7 Å². The van der Waals surface area contributed by atoms with Crippen LogP contribution in [0.4, 0.5) is 13.2 Å². The van der Waals surface area contributed by atoms with Crippen LogP contribution in [0.2, 0.25) is 0 Å². The average molecular weight is 470 g/mol. The summed E-state index contributed by atoms with van der Waals surface area (Å²) in [5, 5.41) is -0.174. The molecule has 3 aromatic carbocycles. The second kappa shape index (κ2) is 8.93. The molecule has 0 aliphatic rings. The molecule has 0 atom stereocenters. The SMILES string of the molecule is COc1ccc(Oc2c(C(F)(F)F)oc3cc(OC(=O)c4ccc(C)cc4)ccc3c2=O)cc1. The number of carbonyl (C=O) groups excluding carboxylic acids is 1. The van der Waals surface area contributed by atoms with Gasteiger partial charge < -0.3 is 18.6 Å². The third-order valence-corrected chi connectivity index (χ3v) is 4.86. The van der Waals surface area contributed by atoms with Gasteiger partial charge in [0.15, 0.2) is 0 Å². The Labute approximate surface area is 191 Å². The molecule has 0 unspecified atom stereocenters. The fraction of sp³-hybridized carbons (Fsp3) is 0.120. The van der Waals surface area contributed by atoms with E-state index in [-0.39, 0.29) is 22.4 Å². The normalized spacial score (nSPS) is 11.3. The molecule has 0 fully saturated rings. The molecule has 0 aliphatic heterocycles. The highest BCUT2D eigenvalue weighted by molar-refractivity contribution is 5.91. The van der Waals surface area contributed by atoms with Crippen LogP contribution >= 0.6 is 0 Å². The minimum Gasteiger partial charge on any atom is -0.497 e. The summed E-state index contributed by atoms with van der Waals surface area (Å²) in [5.41, 5.74) is -0.239. The summed E-state index contributed by atoms with van der Waals surface area (Å²) in [5.74, 6) is -2.96. The number of hydrogen-bond acceptors (Lipinski definition) is 6. The Morgan fingerprint density at radius 3 is 2.12 bits per heavy atom. The molecule has 0 saturated heterocycles. The smallest absolute Gasteiger partial charge is 0.453 e. The molecule has 1 aromatic heterocycles. The summed E-state index contributed by atoms with van der Waals surface area (Å²) >= 11 is 0. The van der Waals surface area contributed by atoms with Gasteiger partial charge >= 0.3 is 12.1 Å². The predicted octanol–water partition coefficient (Wildman–Crippen LogP) is 6.14. The van der Waals surface area contributed by atoms with Crippen molar-refractivity contribution >= 4 is 16.9 Å². The van der Waals surface area contributed by atoms with E-state index in [0.717, 1.165) is 11.6 Å². The number of ether oxygens (including phenoxy) is 3. The lowest BCUT2D eigenvalue weighted by atomic mass is 10.1. The Kier molecular flexibility index (Phi) is 6.02. The monoisotopic (exact) mass is 470 g/mol. The third kappa shape index (κ3) is 4.73. The van der Waals surface area contributed by atoms with Crippen molar-refractivity contribution in [2.24, 2.45) is 0 Å². The number of benzene rings is 3. The van der Waals surface area contributed by atoms with Crippen LogP contribution in [0.3, 0.4) is 0 Å². The summed E-state index contributed by atoms with van der Waals surface area (Å²) in [6.07, 6.45) is -5.02. The Balaban J connectivity index is 1.73. The van der Waals surface area contributed by atoms with Gasteiger partial charge in [-0.3, -0.25) is 4.79 Å². The molecule has 4 aromatic rings. The Bertz CT molecular complexity index is 1400. The average Bonchev–Trinajstić information content (AvgIpc) is 2.81. The van der Waals surface area contributed by atoms with Crippen LogP contribution in [0, 0.1) is 6.92 Å². The molecule has 34 heavy (non-hydrogen) atoms. The van der Waals surface area contributed by atoms with Gasteiger partial charge in [0.1, 0.15) is 22.8 Å². The lowest BCUT2D eigenvalue weighted by molar-refractivity contribution is -0.154. The summed E-state index contributed by atoms with van der Waals surface area (Å²) in [6, 6.07) is 15.8. The number of esters is 1. The molecule has 4 rings (SSSR count). The van der Waals surface area contributed by atoms with E-state index in [0.29, 0.717) is 5.75 Å². The standard InChI is InChI=1S/C25H17F3O6/c1-14-3-5-15(6-4-14)24(30)33-18-11-12-19-20(13-18)34-23(25(26,27)28)22(21(19)29)32-17-9-7-16(31-2)8-10-17/h3-13H,1-2H3. The van der Waals surface area contributed by atoms with Crippen molar-refractivity contribution in [3.05, 3.63) is 93.8 Å². The van der Waals surface area contributed by atoms with Crippen molar-refractivity contribution in [1.82, 2.24) is 0 Å². The number of aryl methyl sites for hydroxylation is 1. The number of methoxy groups -OCH3 is 1. The molecule has 0 spiro atoms. The van der Waals surface area contributed by atoms with E-state index in [4.69, 9.17) is 18.6 Å². The van der Waals surface area contributed by atoms with E-state index in [1.165, 1.54) is 43.5 Å². The van der Waals surface area contributed by atoms with E-state index in [9.17, 15) is 22.8 Å². The number of fused-ring (bicyclic) bond motifs is 1. The first kappa shape index (κ1) is 22.9. The van der Waals surface area contributed by atoms with Crippen LogP contribution in [0.25, 0.3) is 11.0 Å². The van der Waals surface area contributed by atoms with E-state index >= 15 is 0 Å².